The average Bonchev–Trinajstić information content (AvgIpc) is 3.28. The van der Waals surface area contributed by atoms with Gasteiger partial charge in [-0.15, -0.1) is 0 Å². The van der Waals surface area contributed by atoms with Gasteiger partial charge in [-0.3, -0.25) is 5.10 Å². The lowest BCUT2D eigenvalue weighted by atomic mass is 10.1. The molecule has 0 spiro atoms. The van der Waals surface area contributed by atoms with Crippen LogP contribution in [0, 0.1) is 6.92 Å². The van der Waals surface area contributed by atoms with Gasteiger partial charge in [0.2, 0.25) is 0 Å². The molecule has 0 bridgehead atoms. The fourth-order valence-electron chi connectivity index (χ4n) is 2.95. The molecule has 6 heteroatoms. The summed E-state index contributed by atoms with van der Waals surface area (Å²) < 4.78 is 7.44. The maximum Gasteiger partial charge on any atom is 0.161 e. The fraction of sp³-hybridized carbons (Fsp3) is 0.353. The molecule has 23 heavy (non-hydrogen) atoms. The lowest BCUT2D eigenvalue weighted by molar-refractivity contribution is 0.193. The third-order valence-corrected chi connectivity index (χ3v) is 4.15. The molecule has 118 valence electrons. The van der Waals surface area contributed by atoms with Crippen LogP contribution in [-0.2, 0) is 11.3 Å². The molecule has 0 radical (unpaired) electrons. The second-order valence-electron chi connectivity index (χ2n) is 5.99. The Hall–Kier alpha value is -2.47. The monoisotopic (exact) mass is 309 g/mol. The van der Waals surface area contributed by atoms with E-state index in [2.05, 4.69) is 41.4 Å². The molecule has 4 rings (SSSR count). The first-order valence-corrected chi connectivity index (χ1v) is 7.87. The van der Waals surface area contributed by atoms with E-state index >= 15 is 0 Å². The minimum Gasteiger partial charge on any atom is -0.381 e. The van der Waals surface area contributed by atoms with Gasteiger partial charge >= 0.3 is 0 Å². The number of hydrogen-bond donors (Lipinski definition) is 1. The van der Waals surface area contributed by atoms with E-state index in [9.17, 15) is 0 Å². The van der Waals surface area contributed by atoms with Gasteiger partial charge in [0.1, 0.15) is 0 Å². The molecule has 1 fully saturated rings. The molecule has 1 N–H and O–H groups in total. The van der Waals surface area contributed by atoms with Crippen LogP contribution < -0.4 is 0 Å². The predicted molar refractivity (Wildman–Crippen MR) is 86.1 cm³/mol. The number of rotatable bonds is 4. The number of H-pyrrole nitrogens is 1. The topological polar surface area (TPSA) is 68.6 Å². The Morgan fingerprint density at radius 3 is 3.09 bits per heavy atom. The predicted octanol–water partition coefficient (Wildman–Crippen LogP) is 2.53. The van der Waals surface area contributed by atoms with Crippen LogP contribution >= 0.6 is 0 Å². The lowest BCUT2D eigenvalue weighted by Gasteiger charge is -2.05. The molecule has 1 aliphatic rings. The molecule has 0 saturated carbocycles. The van der Waals surface area contributed by atoms with Gasteiger partial charge in [0, 0.05) is 18.7 Å². The number of hydrogen-bond acceptors (Lipinski definition) is 4. The van der Waals surface area contributed by atoms with Crippen LogP contribution in [-0.4, -0.2) is 38.2 Å². The Kier molecular flexibility index (Phi) is 3.67. The third-order valence-electron chi connectivity index (χ3n) is 4.15. The van der Waals surface area contributed by atoms with Gasteiger partial charge in [0.25, 0.3) is 0 Å². The van der Waals surface area contributed by atoms with Gasteiger partial charge in [-0.2, -0.15) is 10.2 Å². The van der Waals surface area contributed by atoms with E-state index in [1.807, 2.05) is 10.9 Å². The van der Waals surface area contributed by atoms with Crippen molar-refractivity contribution in [1.82, 2.24) is 25.0 Å². The van der Waals surface area contributed by atoms with Crippen LogP contribution in [0.25, 0.3) is 11.4 Å². The van der Waals surface area contributed by atoms with E-state index < -0.39 is 0 Å². The van der Waals surface area contributed by atoms with Gasteiger partial charge < -0.3 is 4.74 Å². The number of benzene rings is 1. The minimum atomic E-state index is 0.291. The van der Waals surface area contributed by atoms with Crippen LogP contribution in [0.2, 0.25) is 0 Å². The maximum absolute atomic E-state index is 5.48. The zero-order valence-corrected chi connectivity index (χ0v) is 13.1. The van der Waals surface area contributed by atoms with Crippen LogP contribution in [0.15, 0.2) is 36.7 Å². The van der Waals surface area contributed by atoms with E-state index in [4.69, 9.17) is 14.8 Å². The molecule has 0 unspecified atom stereocenters. The van der Waals surface area contributed by atoms with Crippen molar-refractivity contribution in [3.8, 4) is 11.4 Å². The standard InChI is InChI=1S/C17H19N5O/c1-12-3-2-4-13(7-12)10-22-17(15-8-18-19-9-15)20-16(21-22)14-5-6-23-11-14/h2-4,7-9,14H,5-6,10-11H2,1H3,(H,18,19)/t14-/m0/s1. The summed E-state index contributed by atoms with van der Waals surface area (Å²) in [5.41, 5.74) is 3.42. The highest BCUT2D eigenvalue weighted by atomic mass is 16.5. The van der Waals surface area contributed by atoms with E-state index in [1.165, 1.54) is 11.1 Å². The van der Waals surface area contributed by atoms with Crippen molar-refractivity contribution in [1.29, 1.82) is 0 Å². The number of ether oxygens (including phenoxy) is 1. The minimum absolute atomic E-state index is 0.291. The molecule has 2 aromatic heterocycles. The van der Waals surface area contributed by atoms with E-state index in [1.54, 1.807) is 6.20 Å². The van der Waals surface area contributed by atoms with Crippen molar-refractivity contribution in [3.63, 3.8) is 0 Å². The van der Waals surface area contributed by atoms with Crippen molar-refractivity contribution in [2.45, 2.75) is 25.8 Å². The highest BCUT2D eigenvalue weighted by Gasteiger charge is 2.24. The molecular formula is C17H19N5O. The summed E-state index contributed by atoms with van der Waals surface area (Å²) in [5.74, 6) is 2.01. The Bertz CT molecular complexity index is 787. The summed E-state index contributed by atoms with van der Waals surface area (Å²) in [6, 6.07) is 8.47. The number of nitrogens with one attached hydrogen (secondary N) is 1. The molecule has 1 saturated heterocycles. The van der Waals surface area contributed by atoms with Crippen LogP contribution in [0.1, 0.15) is 29.3 Å². The third kappa shape index (κ3) is 2.90. The van der Waals surface area contributed by atoms with Gasteiger partial charge in [-0.25, -0.2) is 9.67 Å². The molecule has 0 aliphatic carbocycles. The quantitative estimate of drug-likeness (QED) is 0.804. The first-order valence-electron chi connectivity index (χ1n) is 7.87. The van der Waals surface area contributed by atoms with Gasteiger partial charge in [0.15, 0.2) is 11.6 Å². The summed E-state index contributed by atoms with van der Waals surface area (Å²) in [4.78, 5) is 4.77. The lowest BCUT2D eigenvalue weighted by Crippen LogP contribution is -2.06. The largest absolute Gasteiger partial charge is 0.381 e. The Morgan fingerprint density at radius 1 is 1.39 bits per heavy atom. The second-order valence-corrected chi connectivity index (χ2v) is 5.99. The smallest absolute Gasteiger partial charge is 0.161 e. The zero-order chi connectivity index (χ0) is 15.6. The Morgan fingerprint density at radius 2 is 2.35 bits per heavy atom. The van der Waals surface area contributed by atoms with Crippen molar-refractivity contribution < 1.29 is 4.74 Å². The molecule has 3 heterocycles. The van der Waals surface area contributed by atoms with Gasteiger partial charge in [-0.05, 0) is 18.9 Å². The zero-order valence-electron chi connectivity index (χ0n) is 13.1. The summed E-state index contributed by atoms with van der Waals surface area (Å²) in [7, 11) is 0. The van der Waals surface area contributed by atoms with Crippen molar-refractivity contribution >= 4 is 0 Å². The van der Waals surface area contributed by atoms with Gasteiger partial charge in [-0.1, -0.05) is 29.8 Å². The van der Waals surface area contributed by atoms with E-state index in [0.717, 1.165) is 30.2 Å². The number of aromatic nitrogens is 5. The first kappa shape index (κ1) is 14.1. The number of aromatic amines is 1. The van der Waals surface area contributed by atoms with Crippen LogP contribution in [0.5, 0.6) is 0 Å². The molecule has 3 aromatic rings. The molecule has 6 nitrogen and oxygen atoms in total. The Balaban J connectivity index is 1.71. The maximum atomic E-state index is 5.48. The van der Waals surface area contributed by atoms with E-state index in [-0.39, 0.29) is 0 Å². The highest BCUT2D eigenvalue weighted by molar-refractivity contribution is 5.52. The van der Waals surface area contributed by atoms with Gasteiger partial charge in [0.05, 0.1) is 24.9 Å². The SMILES string of the molecule is Cc1cccc(Cn2nc([C@H]3CCOC3)nc2-c2cn[nH]c2)c1. The molecule has 1 aliphatic heterocycles. The molecule has 1 aromatic carbocycles. The van der Waals surface area contributed by atoms with Crippen LogP contribution in [0.4, 0.5) is 0 Å². The van der Waals surface area contributed by atoms with Crippen LogP contribution in [0.3, 0.4) is 0 Å². The van der Waals surface area contributed by atoms with E-state index in [0.29, 0.717) is 19.1 Å². The molecular weight excluding hydrogens is 290 g/mol. The normalized spacial score (nSPS) is 17.7. The van der Waals surface area contributed by atoms with Crippen molar-refractivity contribution in [3.05, 3.63) is 53.6 Å². The van der Waals surface area contributed by atoms with Crippen molar-refractivity contribution in [2.75, 3.05) is 13.2 Å². The van der Waals surface area contributed by atoms with Crippen molar-refractivity contribution in [2.24, 2.45) is 0 Å². The number of aryl methyl sites for hydroxylation is 1. The fourth-order valence-corrected chi connectivity index (χ4v) is 2.95. The highest BCUT2D eigenvalue weighted by Crippen LogP contribution is 2.26. The number of nitrogens with zero attached hydrogens (tertiary/aromatic N) is 4. The average molecular weight is 309 g/mol. The molecule has 0 amide bonds. The second kappa shape index (κ2) is 5.96. The first-order chi connectivity index (χ1) is 11.3. The summed E-state index contributed by atoms with van der Waals surface area (Å²) in [5, 5.41) is 11.6. The summed E-state index contributed by atoms with van der Waals surface area (Å²) >= 11 is 0. The molecule has 1 atom stereocenters. The summed E-state index contributed by atoms with van der Waals surface area (Å²) in [6.07, 6.45) is 4.62. The Labute approximate surface area is 134 Å². The summed E-state index contributed by atoms with van der Waals surface area (Å²) in [6.45, 7) is 4.29.